The minimum Gasteiger partial charge on any atom is -0.350 e. The largest absolute Gasteiger partial charge is 0.350 e. The van der Waals surface area contributed by atoms with Gasteiger partial charge < -0.3 is 5.32 Å². The van der Waals surface area contributed by atoms with Crippen LogP contribution in [0.5, 0.6) is 0 Å². The first kappa shape index (κ1) is 15.2. The fraction of sp³-hybridized carbons (Fsp3) is 0.400. The third-order valence-electron chi connectivity index (χ3n) is 5.23. The lowest BCUT2D eigenvalue weighted by atomic mass is 10.1. The monoisotopic (exact) mass is 321 g/mol. The van der Waals surface area contributed by atoms with E-state index in [4.69, 9.17) is 0 Å². The van der Waals surface area contributed by atoms with Gasteiger partial charge in [-0.05, 0) is 49.3 Å². The first-order chi connectivity index (χ1) is 11.8. The lowest BCUT2D eigenvalue weighted by Crippen LogP contribution is -2.26. The smallest absolute Gasteiger partial charge is 0.232 e. The van der Waals surface area contributed by atoms with Crippen molar-refractivity contribution in [1.82, 2.24) is 15.5 Å². The Labute approximate surface area is 142 Å². The maximum atomic E-state index is 12.5. The Bertz CT molecular complexity index is 788. The van der Waals surface area contributed by atoms with Gasteiger partial charge in [0.1, 0.15) is 0 Å². The van der Waals surface area contributed by atoms with Crippen molar-refractivity contribution in [2.45, 2.75) is 45.6 Å². The summed E-state index contributed by atoms with van der Waals surface area (Å²) in [5.41, 5.74) is 7.12. The van der Waals surface area contributed by atoms with E-state index >= 15 is 0 Å². The van der Waals surface area contributed by atoms with Crippen LogP contribution in [0.25, 0.3) is 5.57 Å². The number of hydrogen-bond acceptors (Lipinski definition) is 2. The highest BCUT2D eigenvalue weighted by Crippen LogP contribution is 2.46. The maximum absolute atomic E-state index is 12.5. The first-order valence-electron chi connectivity index (χ1n) is 8.84. The highest BCUT2D eigenvalue weighted by atomic mass is 16.2. The van der Waals surface area contributed by atoms with Crippen LogP contribution in [-0.2, 0) is 24.2 Å². The first-order valence-corrected chi connectivity index (χ1v) is 8.84. The van der Waals surface area contributed by atoms with E-state index in [2.05, 4.69) is 27.6 Å². The molecule has 4 heteroatoms. The molecule has 1 heterocycles. The van der Waals surface area contributed by atoms with Crippen LogP contribution < -0.4 is 5.32 Å². The van der Waals surface area contributed by atoms with Gasteiger partial charge in [-0.1, -0.05) is 42.3 Å². The van der Waals surface area contributed by atoms with Gasteiger partial charge in [0, 0.05) is 5.69 Å². The number of rotatable bonds is 4. The molecule has 0 radical (unpaired) electrons. The summed E-state index contributed by atoms with van der Waals surface area (Å²) in [6.07, 6.45) is 5.88. The Morgan fingerprint density at radius 1 is 1.21 bits per heavy atom. The molecule has 2 aliphatic rings. The Morgan fingerprint density at radius 2 is 2.00 bits per heavy atom. The minimum absolute atomic E-state index is 0.0649. The van der Waals surface area contributed by atoms with Crippen molar-refractivity contribution in [3.8, 4) is 0 Å². The highest BCUT2D eigenvalue weighted by Gasteiger charge is 2.39. The molecule has 0 saturated carbocycles. The molecular weight excluding hydrogens is 298 g/mol. The predicted octanol–water partition coefficient (Wildman–Crippen LogP) is 3.40. The molecule has 4 nitrogen and oxygen atoms in total. The van der Waals surface area contributed by atoms with Gasteiger partial charge in [-0.15, -0.1) is 0 Å². The normalized spacial score (nSPS) is 19.6. The second-order valence-corrected chi connectivity index (χ2v) is 6.80. The average Bonchev–Trinajstić information content (AvgIpc) is 3.23. The Hall–Kier alpha value is -2.36. The quantitative estimate of drug-likeness (QED) is 0.848. The van der Waals surface area contributed by atoms with Crippen molar-refractivity contribution in [1.29, 1.82) is 0 Å². The third kappa shape index (κ3) is 2.77. The van der Waals surface area contributed by atoms with E-state index in [0.717, 1.165) is 24.1 Å². The molecule has 0 unspecified atom stereocenters. The van der Waals surface area contributed by atoms with Gasteiger partial charge in [0.15, 0.2) is 0 Å². The van der Waals surface area contributed by atoms with Gasteiger partial charge in [0.2, 0.25) is 5.91 Å². The number of aromatic nitrogens is 2. The molecule has 24 heavy (non-hydrogen) atoms. The molecule has 0 saturated heterocycles. The molecule has 124 valence electrons. The van der Waals surface area contributed by atoms with Crippen molar-refractivity contribution in [2.24, 2.45) is 5.92 Å². The van der Waals surface area contributed by atoms with Crippen LogP contribution in [0.4, 0.5) is 0 Å². The lowest BCUT2D eigenvalue weighted by Gasteiger charge is -2.06. The number of fused-ring (bicyclic) bond motifs is 1. The van der Waals surface area contributed by atoms with Crippen LogP contribution >= 0.6 is 0 Å². The zero-order chi connectivity index (χ0) is 16.5. The topological polar surface area (TPSA) is 57.8 Å². The summed E-state index contributed by atoms with van der Waals surface area (Å²) in [6.45, 7) is 2.57. The minimum atomic E-state index is -0.0649. The zero-order valence-electron chi connectivity index (χ0n) is 14.1. The number of aryl methyl sites for hydroxylation is 1. The van der Waals surface area contributed by atoms with Gasteiger partial charge >= 0.3 is 0 Å². The van der Waals surface area contributed by atoms with Gasteiger partial charge in [-0.3, -0.25) is 9.89 Å². The number of aromatic amines is 1. The van der Waals surface area contributed by atoms with E-state index in [0.29, 0.717) is 6.54 Å². The van der Waals surface area contributed by atoms with Crippen molar-refractivity contribution < 1.29 is 4.79 Å². The van der Waals surface area contributed by atoms with Crippen LogP contribution in [0, 0.1) is 5.92 Å². The van der Waals surface area contributed by atoms with Crippen LogP contribution in [0.3, 0.4) is 0 Å². The van der Waals surface area contributed by atoms with Crippen molar-refractivity contribution >= 4 is 11.5 Å². The number of amides is 1. The Balaban J connectivity index is 1.39. The number of benzene rings is 1. The van der Waals surface area contributed by atoms with E-state index in [1.54, 1.807) is 0 Å². The van der Waals surface area contributed by atoms with E-state index in [1.165, 1.54) is 41.7 Å². The molecule has 2 aromatic rings. The standard InChI is InChI=1S/C20H23N3O/c1-13-18(14-8-4-2-5-9-14)19(13)20(24)21-12-17-15-10-6-3-7-11-16(15)22-23-17/h2,4-5,8-9,19H,3,6-7,10-12H2,1H3,(H,21,24)(H,22,23)/t19-/m1/s1. The number of hydrogen-bond donors (Lipinski definition) is 2. The van der Waals surface area contributed by atoms with Crippen LogP contribution in [0.1, 0.15) is 48.7 Å². The van der Waals surface area contributed by atoms with Gasteiger partial charge in [0.05, 0.1) is 18.2 Å². The molecule has 1 amide bonds. The number of carbonyl (C=O) groups excluding carboxylic acids is 1. The van der Waals surface area contributed by atoms with Gasteiger partial charge in [-0.2, -0.15) is 5.10 Å². The molecule has 1 atom stereocenters. The second kappa shape index (κ2) is 6.27. The summed E-state index contributed by atoms with van der Waals surface area (Å²) in [7, 11) is 0. The highest BCUT2D eigenvalue weighted by molar-refractivity contribution is 6.05. The van der Waals surface area contributed by atoms with Crippen LogP contribution in [0.2, 0.25) is 0 Å². The van der Waals surface area contributed by atoms with Crippen molar-refractivity contribution in [3.05, 3.63) is 58.4 Å². The summed E-state index contributed by atoms with van der Waals surface area (Å²) in [6, 6.07) is 10.2. The molecule has 0 aliphatic heterocycles. The molecule has 0 fully saturated rings. The fourth-order valence-corrected chi connectivity index (χ4v) is 3.82. The van der Waals surface area contributed by atoms with E-state index in [1.807, 2.05) is 25.1 Å². The number of nitrogens with zero attached hydrogens (tertiary/aromatic N) is 1. The maximum Gasteiger partial charge on any atom is 0.232 e. The predicted molar refractivity (Wildman–Crippen MR) is 94.2 cm³/mol. The van der Waals surface area contributed by atoms with Crippen molar-refractivity contribution in [2.75, 3.05) is 0 Å². The lowest BCUT2D eigenvalue weighted by molar-refractivity contribution is -0.121. The molecule has 0 bridgehead atoms. The Kier molecular flexibility index (Phi) is 3.97. The van der Waals surface area contributed by atoms with E-state index in [9.17, 15) is 4.79 Å². The van der Waals surface area contributed by atoms with Gasteiger partial charge in [-0.25, -0.2) is 0 Å². The van der Waals surface area contributed by atoms with Crippen LogP contribution in [-0.4, -0.2) is 16.1 Å². The molecular formula is C20H23N3O. The fourth-order valence-electron chi connectivity index (χ4n) is 3.82. The summed E-state index contributed by atoms with van der Waals surface area (Å²) in [4.78, 5) is 12.5. The Morgan fingerprint density at radius 3 is 2.83 bits per heavy atom. The van der Waals surface area contributed by atoms with E-state index in [-0.39, 0.29) is 11.8 Å². The molecule has 2 N–H and O–H groups in total. The number of nitrogens with one attached hydrogen (secondary N) is 2. The average molecular weight is 321 g/mol. The van der Waals surface area contributed by atoms with Crippen LogP contribution in [0.15, 0.2) is 35.9 Å². The summed E-state index contributed by atoms with van der Waals surface area (Å²) in [5.74, 6) is 0.0293. The summed E-state index contributed by atoms with van der Waals surface area (Å²) < 4.78 is 0. The zero-order valence-corrected chi connectivity index (χ0v) is 14.1. The number of carbonyl (C=O) groups is 1. The van der Waals surface area contributed by atoms with Gasteiger partial charge in [0.25, 0.3) is 0 Å². The molecule has 4 rings (SSSR count). The number of H-pyrrole nitrogens is 1. The summed E-state index contributed by atoms with van der Waals surface area (Å²) >= 11 is 0. The summed E-state index contributed by atoms with van der Waals surface area (Å²) in [5, 5.41) is 10.7. The molecule has 1 aromatic heterocycles. The molecule has 0 spiro atoms. The third-order valence-corrected chi connectivity index (χ3v) is 5.23. The van der Waals surface area contributed by atoms with E-state index < -0.39 is 0 Å². The van der Waals surface area contributed by atoms with Crippen molar-refractivity contribution in [3.63, 3.8) is 0 Å². The SMILES string of the molecule is CC1=C(c2ccccc2)[C@@H]1C(=O)NCc1n[nH]c2c1CCCCC2. The molecule has 2 aliphatic carbocycles. The molecule has 1 aromatic carbocycles. The second-order valence-electron chi connectivity index (χ2n) is 6.80.